The minimum Gasteiger partial charge on any atom is -0.472 e. The van der Waals surface area contributed by atoms with Gasteiger partial charge in [-0.1, -0.05) is 6.07 Å². The second kappa shape index (κ2) is 6.15. The molecule has 3 heterocycles. The van der Waals surface area contributed by atoms with Crippen LogP contribution >= 0.6 is 27.3 Å². The second-order valence-corrected chi connectivity index (χ2v) is 6.85. The van der Waals surface area contributed by atoms with Gasteiger partial charge in [-0.2, -0.15) is 0 Å². The highest BCUT2D eigenvalue weighted by atomic mass is 79.9. The van der Waals surface area contributed by atoms with Crippen LogP contribution < -0.4 is 4.74 Å². The van der Waals surface area contributed by atoms with Gasteiger partial charge in [0.15, 0.2) is 0 Å². The van der Waals surface area contributed by atoms with E-state index in [2.05, 4.69) is 20.9 Å². The van der Waals surface area contributed by atoms with E-state index in [9.17, 15) is 4.79 Å². The molecule has 0 aliphatic carbocycles. The first-order valence-corrected chi connectivity index (χ1v) is 8.43. The third kappa shape index (κ3) is 3.44. The molecule has 21 heavy (non-hydrogen) atoms. The standard InChI is InChI=1S/C15H15BrN2O2S/c1-10-3-2-4-14(17-10)20-12-5-6-18(8-12)15(19)13-7-11(16)9-21-13/h2-4,7,9,12H,5-6,8H2,1H3. The first-order valence-electron chi connectivity index (χ1n) is 6.75. The number of thiophene rings is 1. The lowest BCUT2D eigenvalue weighted by Gasteiger charge is -2.16. The van der Waals surface area contributed by atoms with Crippen molar-refractivity contribution in [2.24, 2.45) is 0 Å². The van der Waals surface area contributed by atoms with Crippen LogP contribution in [0.3, 0.4) is 0 Å². The summed E-state index contributed by atoms with van der Waals surface area (Å²) in [5, 5.41) is 1.92. The molecule has 1 saturated heterocycles. The molecule has 6 heteroatoms. The van der Waals surface area contributed by atoms with E-state index in [1.54, 1.807) is 0 Å². The summed E-state index contributed by atoms with van der Waals surface area (Å²) >= 11 is 4.84. The van der Waals surface area contributed by atoms with Gasteiger partial charge in [-0.3, -0.25) is 4.79 Å². The van der Waals surface area contributed by atoms with Crippen LogP contribution in [0.5, 0.6) is 5.88 Å². The number of halogens is 1. The summed E-state index contributed by atoms with van der Waals surface area (Å²) in [6.45, 7) is 3.28. The zero-order valence-electron chi connectivity index (χ0n) is 11.6. The van der Waals surface area contributed by atoms with Gasteiger partial charge in [0.2, 0.25) is 5.88 Å². The van der Waals surface area contributed by atoms with Crippen molar-refractivity contribution in [2.75, 3.05) is 13.1 Å². The lowest BCUT2D eigenvalue weighted by molar-refractivity contribution is 0.0776. The summed E-state index contributed by atoms with van der Waals surface area (Å²) in [4.78, 5) is 19.3. The van der Waals surface area contributed by atoms with Crippen molar-refractivity contribution in [1.29, 1.82) is 0 Å². The quantitative estimate of drug-likeness (QED) is 0.834. The zero-order chi connectivity index (χ0) is 14.8. The Morgan fingerprint density at radius 3 is 3.10 bits per heavy atom. The van der Waals surface area contributed by atoms with E-state index >= 15 is 0 Å². The third-order valence-electron chi connectivity index (χ3n) is 3.36. The maximum Gasteiger partial charge on any atom is 0.264 e. The minimum absolute atomic E-state index is 0.0200. The lowest BCUT2D eigenvalue weighted by atomic mass is 10.3. The SMILES string of the molecule is Cc1cccc(OC2CCN(C(=O)c3cc(Br)cs3)C2)n1. The van der Waals surface area contributed by atoms with E-state index in [0.29, 0.717) is 12.4 Å². The highest BCUT2D eigenvalue weighted by Crippen LogP contribution is 2.24. The fraction of sp³-hybridized carbons (Fsp3) is 0.333. The van der Waals surface area contributed by atoms with E-state index in [0.717, 1.165) is 28.0 Å². The molecule has 1 atom stereocenters. The molecule has 1 aliphatic rings. The van der Waals surface area contributed by atoms with E-state index in [1.165, 1.54) is 11.3 Å². The number of hydrogen-bond donors (Lipinski definition) is 0. The number of likely N-dealkylation sites (tertiary alicyclic amines) is 1. The topological polar surface area (TPSA) is 42.4 Å². The van der Waals surface area contributed by atoms with Crippen molar-refractivity contribution >= 4 is 33.2 Å². The molecular weight excluding hydrogens is 352 g/mol. The summed E-state index contributed by atoms with van der Waals surface area (Å²) in [5.41, 5.74) is 0.932. The summed E-state index contributed by atoms with van der Waals surface area (Å²) in [5.74, 6) is 0.710. The molecule has 4 nitrogen and oxygen atoms in total. The van der Waals surface area contributed by atoms with Crippen molar-refractivity contribution < 1.29 is 9.53 Å². The van der Waals surface area contributed by atoms with Crippen molar-refractivity contribution in [2.45, 2.75) is 19.4 Å². The molecule has 2 aromatic rings. The molecule has 0 spiro atoms. The number of carbonyl (C=O) groups excluding carboxylic acids is 1. The highest BCUT2D eigenvalue weighted by Gasteiger charge is 2.29. The van der Waals surface area contributed by atoms with Crippen LogP contribution in [-0.2, 0) is 0 Å². The fourth-order valence-electron chi connectivity index (χ4n) is 2.34. The van der Waals surface area contributed by atoms with E-state index < -0.39 is 0 Å². The number of aromatic nitrogens is 1. The average Bonchev–Trinajstić information content (AvgIpc) is 3.07. The molecule has 1 aliphatic heterocycles. The Morgan fingerprint density at radius 2 is 2.38 bits per heavy atom. The molecule has 0 N–H and O–H groups in total. The average molecular weight is 367 g/mol. The molecule has 3 rings (SSSR count). The molecule has 0 aromatic carbocycles. The molecule has 0 bridgehead atoms. The monoisotopic (exact) mass is 366 g/mol. The van der Waals surface area contributed by atoms with Gasteiger partial charge < -0.3 is 9.64 Å². The molecule has 0 radical (unpaired) electrons. The van der Waals surface area contributed by atoms with Gasteiger partial charge in [0.1, 0.15) is 6.10 Å². The maximum absolute atomic E-state index is 12.4. The zero-order valence-corrected chi connectivity index (χ0v) is 14.0. The number of hydrogen-bond acceptors (Lipinski definition) is 4. The number of pyridine rings is 1. The molecular formula is C15H15BrN2O2S. The van der Waals surface area contributed by atoms with Crippen LogP contribution in [-0.4, -0.2) is 35.0 Å². The normalized spacial score (nSPS) is 18.0. The molecule has 2 aromatic heterocycles. The van der Waals surface area contributed by atoms with E-state index in [1.807, 2.05) is 41.5 Å². The number of nitrogens with zero attached hydrogens (tertiary/aromatic N) is 2. The van der Waals surface area contributed by atoms with Crippen LogP contribution in [0.15, 0.2) is 34.1 Å². The summed E-state index contributed by atoms with van der Waals surface area (Å²) < 4.78 is 6.82. The highest BCUT2D eigenvalue weighted by molar-refractivity contribution is 9.10. The van der Waals surface area contributed by atoms with Crippen molar-refractivity contribution in [1.82, 2.24) is 9.88 Å². The van der Waals surface area contributed by atoms with Crippen LogP contribution in [0.2, 0.25) is 0 Å². The Morgan fingerprint density at radius 1 is 1.52 bits per heavy atom. The fourth-order valence-corrected chi connectivity index (χ4v) is 3.74. The van der Waals surface area contributed by atoms with Crippen LogP contribution in [0.1, 0.15) is 21.8 Å². The first-order chi connectivity index (χ1) is 10.1. The lowest BCUT2D eigenvalue weighted by Crippen LogP contribution is -2.30. The number of carbonyl (C=O) groups is 1. The largest absolute Gasteiger partial charge is 0.472 e. The Labute approximate surface area is 135 Å². The number of aryl methyl sites for hydroxylation is 1. The van der Waals surface area contributed by atoms with E-state index in [4.69, 9.17) is 4.74 Å². The molecule has 1 amide bonds. The summed E-state index contributed by atoms with van der Waals surface area (Å²) in [6.07, 6.45) is 0.861. The summed E-state index contributed by atoms with van der Waals surface area (Å²) in [7, 11) is 0. The number of amides is 1. The molecule has 110 valence electrons. The van der Waals surface area contributed by atoms with Crippen LogP contribution in [0, 0.1) is 6.92 Å². The molecule has 1 unspecified atom stereocenters. The van der Waals surface area contributed by atoms with Gasteiger partial charge in [0.05, 0.1) is 11.4 Å². The Kier molecular flexibility index (Phi) is 4.26. The van der Waals surface area contributed by atoms with Crippen LogP contribution in [0.4, 0.5) is 0 Å². The van der Waals surface area contributed by atoms with Gasteiger partial charge >= 0.3 is 0 Å². The summed E-state index contributed by atoms with van der Waals surface area (Å²) in [6, 6.07) is 7.59. The van der Waals surface area contributed by atoms with Gasteiger partial charge in [-0.05, 0) is 35.0 Å². The first kappa shape index (κ1) is 14.5. The maximum atomic E-state index is 12.4. The Bertz CT molecular complexity index is 659. The number of rotatable bonds is 3. The molecule has 1 fully saturated rings. The Hall–Kier alpha value is -1.40. The predicted octanol–water partition coefficient (Wildman–Crippen LogP) is 3.51. The van der Waals surface area contributed by atoms with Gasteiger partial charge in [0, 0.05) is 34.6 Å². The molecule has 0 saturated carbocycles. The third-order valence-corrected chi connectivity index (χ3v) is 5.04. The van der Waals surface area contributed by atoms with Gasteiger partial charge in [-0.25, -0.2) is 4.98 Å². The minimum atomic E-state index is 0.0200. The van der Waals surface area contributed by atoms with Gasteiger partial charge in [-0.15, -0.1) is 11.3 Å². The van der Waals surface area contributed by atoms with Crippen molar-refractivity contribution in [3.63, 3.8) is 0 Å². The van der Waals surface area contributed by atoms with Crippen LogP contribution in [0.25, 0.3) is 0 Å². The number of ether oxygens (including phenoxy) is 1. The van der Waals surface area contributed by atoms with Crippen molar-refractivity contribution in [3.05, 3.63) is 44.7 Å². The smallest absolute Gasteiger partial charge is 0.264 e. The predicted molar refractivity (Wildman–Crippen MR) is 85.9 cm³/mol. The Balaban J connectivity index is 1.61. The van der Waals surface area contributed by atoms with Crippen molar-refractivity contribution in [3.8, 4) is 5.88 Å². The second-order valence-electron chi connectivity index (χ2n) is 5.03. The van der Waals surface area contributed by atoms with Gasteiger partial charge in [0.25, 0.3) is 5.91 Å². The van der Waals surface area contributed by atoms with E-state index in [-0.39, 0.29) is 12.0 Å².